The van der Waals surface area contributed by atoms with Gasteiger partial charge in [0, 0.05) is 34.4 Å². The number of benzene rings is 5. The summed E-state index contributed by atoms with van der Waals surface area (Å²) in [6.45, 7) is 0. The van der Waals surface area contributed by atoms with Crippen LogP contribution in [0.2, 0.25) is 0 Å². The van der Waals surface area contributed by atoms with E-state index in [4.69, 9.17) is 0 Å². The van der Waals surface area contributed by atoms with Gasteiger partial charge in [-0.25, -0.2) is 0 Å². The van der Waals surface area contributed by atoms with Crippen LogP contribution in [-0.2, 0) is 0 Å². The van der Waals surface area contributed by atoms with Gasteiger partial charge in [0.05, 0.1) is 16.6 Å². The second-order valence-electron chi connectivity index (χ2n) is 9.24. The second-order valence-corrected chi connectivity index (χ2v) is 9.24. The molecule has 7 aromatic rings. The Morgan fingerprint density at radius 3 is 2.19 bits per heavy atom. The van der Waals surface area contributed by atoms with Crippen LogP contribution in [0, 0.1) is 11.3 Å². The molecule has 0 aliphatic rings. The first-order valence-corrected chi connectivity index (χ1v) is 12.3. The molecule has 3 heteroatoms. The molecule has 2 aromatic heterocycles. The van der Waals surface area contributed by atoms with Crippen molar-refractivity contribution in [1.29, 1.82) is 5.26 Å². The molecule has 172 valence electrons. The van der Waals surface area contributed by atoms with E-state index in [2.05, 4.69) is 125 Å². The molecule has 0 fully saturated rings. The van der Waals surface area contributed by atoms with Crippen LogP contribution in [-0.4, -0.2) is 9.55 Å². The third kappa shape index (κ3) is 3.47. The Labute approximate surface area is 214 Å². The summed E-state index contributed by atoms with van der Waals surface area (Å²) >= 11 is 0. The van der Waals surface area contributed by atoms with E-state index >= 15 is 0 Å². The van der Waals surface area contributed by atoms with Gasteiger partial charge in [0.15, 0.2) is 0 Å². The number of nitrogens with zero attached hydrogens (tertiary/aromatic N) is 3. The third-order valence-electron chi connectivity index (χ3n) is 7.07. The summed E-state index contributed by atoms with van der Waals surface area (Å²) in [6, 6.07) is 42.9. The van der Waals surface area contributed by atoms with Gasteiger partial charge in [-0.2, -0.15) is 5.26 Å². The normalized spacial score (nSPS) is 11.2. The predicted octanol–water partition coefficient (Wildman–Crippen LogP) is 8.54. The molecule has 0 saturated heterocycles. The summed E-state index contributed by atoms with van der Waals surface area (Å²) < 4.78 is 2.36. The van der Waals surface area contributed by atoms with Crippen molar-refractivity contribution in [3.8, 4) is 34.0 Å². The highest BCUT2D eigenvalue weighted by atomic mass is 15.0. The molecule has 37 heavy (non-hydrogen) atoms. The van der Waals surface area contributed by atoms with E-state index in [-0.39, 0.29) is 0 Å². The first kappa shape index (κ1) is 21.1. The minimum absolute atomic E-state index is 0.560. The Balaban J connectivity index is 1.49. The largest absolute Gasteiger partial charge is 0.309 e. The first-order valence-electron chi connectivity index (χ1n) is 12.3. The van der Waals surface area contributed by atoms with Crippen LogP contribution in [0.15, 0.2) is 128 Å². The van der Waals surface area contributed by atoms with E-state index in [1.165, 1.54) is 32.6 Å². The van der Waals surface area contributed by atoms with Crippen LogP contribution < -0.4 is 0 Å². The standard InChI is InChI=1S/C34H21N3/c35-20-23-17-28(22-36-21-23)26-9-6-8-25(18-26)27-14-15-32-31(19-27)34-30-12-5-4-7-24(30)13-16-33(34)37(32)29-10-2-1-3-11-29/h1-19,21-22H. The zero-order chi connectivity index (χ0) is 24.8. The lowest BCUT2D eigenvalue weighted by Gasteiger charge is -2.09. The molecule has 3 nitrogen and oxygen atoms in total. The highest BCUT2D eigenvalue weighted by molar-refractivity contribution is 6.21. The summed E-state index contributed by atoms with van der Waals surface area (Å²) in [7, 11) is 0. The van der Waals surface area contributed by atoms with Gasteiger partial charge in [0.25, 0.3) is 0 Å². The summed E-state index contributed by atoms with van der Waals surface area (Å²) in [5.41, 5.74) is 8.35. The second kappa shape index (κ2) is 8.48. The maximum absolute atomic E-state index is 9.30. The Kier molecular flexibility index (Phi) is 4.84. The van der Waals surface area contributed by atoms with Gasteiger partial charge in [-0.15, -0.1) is 0 Å². The van der Waals surface area contributed by atoms with E-state index in [0.717, 1.165) is 27.9 Å². The molecule has 2 heterocycles. The topological polar surface area (TPSA) is 41.6 Å². The number of rotatable bonds is 3. The van der Waals surface area contributed by atoms with Gasteiger partial charge in [-0.1, -0.05) is 72.8 Å². The Bertz CT molecular complexity index is 1990. The minimum atomic E-state index is 0.560. The van der Waals surface area contributed by atoms with Crippen LogP contribution in [0.4, 0.5) is 0 Å². The lowest BCUT2D eigenvalue weighted by molar-refractivity contribution is 1.18. The SMILES string of the molecule is N#Cc1cncc(-c2cccc(-c3ccc4c(c3)c3c5ccccc5ccc3n4-c3ccccc3)c2)c1. The molecule has 0 bridgehead atoms. The number of fused-ring (bicyclic) bond motifs is 5. The average molecular weight is 472 g/mol. The molecule has 0 unspecified atom stereocenters. The number of para-hydroxylation sites is 1. The van der Waals surface area contributed by atoms with Crippen LogP contribution in [0.3, 0.4) is 0 Å². The number of hydrogen-bond donors (Lipinski definition) is 0. The maximum atomic E-state index is 9.30. The van der Waals surface area contributed by atoms with Crippen molar-refractivity contribution in [3.63, 3.8) is 0 Å². The Hall–Kier alpha value is -5.20. The van der Waals surface area contributed by atoms with Gasteiger partial charge < -0.3 is 4.57 Å². The van der Waals surface area contributed by atoms with Crippen molar-refractivity contribution < 1.29 is 0 Å². The van der Waals surface area contributed by atoms with Crippen molar-refractivity contribution in [1.82, 2.24) is 9.55 Å². The fourth-order valence-electron chi connectivity index (χ4n) is 5.36. The zero-order valence-corrected chi connectivity index (χ0v) is 20.0. The number of pyridine rings is 1. The number of hydrogen-bond acceptors (Lipinski definition) is 2. The molecule has 0 N–H and O–H groups in total. The number of aromatic nitrogens is 2. The van der Waals surface area contributed by atoms with Gasteiger partial charge in [0.2, 0.25) is 0 Å². The lowest BCUT2D eigenvalue weighted by Crippen LogP contribution is -1.93. The van der Waals surface area contributed by atoms with Gasteiger partial charge in [0.1, 0.15) is 6.07 Å². The minimum Gasteiger partial charge on any atom is -0.309 e. The van der Waals surface area contributed by atoms with Crippen molar-refractivity contribution in [2.75, 3.05) is 0 Å². The molecule has 0 saturated carbocycles. The summed E-state index contributed by atoms with van der Waals surface area (Å²) in [6.07, 6.45) is 3.40. The van der Waals surface area contributed by atoms with Crippen molar-refractivity contribution >= 4 is 32.6 Å². The fraction of sp³-hybridized carbons (Fsp3) is 0. The smallest absolute Gasteiger partial charge is 0.101 e. The van der Waals surface area contributed by atoms with E-state index in [0.29, 0.717) is 5.56 Å². The van der Waals surface area contributed by atoms with Gasteiger partial charge >= 0.3 is 0 Å². The van der Waals surface area contributed by atoms with Gasteiger partial charge in [-0.3, -0.25) is 4.98 Å². The lowest BCUT2D eigenvalue weighted by atomic mass is 9.97. The molecule has 0 aliphatic heterocycles. The van der Waals surface area contributed by atoms with Crippen molar-refractivity contribution in [3.05, 3.63) is 133 Å². The number of nitriles is 1. The van der Waals surface area contributed by atoms with Gasteiger partial charge in [-0.05, 0) is 69.9 Å². The highest BCUT2D eigenvalue weighted by Crippen LogP contribution is 2.39. The summed E-state index contributed by atoms with van der Waals surface area (Å²) in [5, 5.41) is 14.3. The molecule has 0 atom stereocenters. The van der Waals surface area contributed by atoms with E-state index in [1.54, 1.807) is 6.20 Å². The van der Waals surface area contributed by atoms with Crippen LogP contribution >= 0.6 is 0 Å². The van der Waals surface area contributed by atoms with E-state index in [1.807, 2.05) is 12.3 Å². The first-order chi connectivity index (χ1) is 18.3. The predicted molar refractivity (Wildman–Crippen MR) is 152 cm³/mol. The van der Waals surface area contributed by atoms with Crippen LogP contribution in [0.25, 0.3) is 60.5 Å². The van der Waals surface area contributed by atoms with Crippen molar-refractivity contribution in [2.45, 2.75) is 0 Å². The van der Waals surface area contributed by atoms with Crippen LogP contribution in [0.1, 0.15) is 5.56 Å². The maximum Gasteiger partial charge on any atom is 0.101 e. The Morgan fingerprint density at radius 2 is 1.32 bits per heavy atom. The molecular weight excluding hydrogens is 450 g/mol. The molecule has 7 rings (SSSR count). The van der Waals surface area contributed by atoms with Crippen molar-refractivity contribution in [2.24, 2.45) is 0 Å². The zero-order valence-electron chi connectivity index (χ0n) is 20.0. The molecule has 0 aliphatic carbocycles. The summed E-state index contributed by atoms with van der Waals surface area (Å²) in [5.74, 6) is 0. The molecule has 5 aromatic carbocycles. The van der Waals surface area contributed by atoms with Crippen LogP contribution in [0.5, 0.6) is 0 Å². The van der Waals surface area contributed by atoms with E-state index < -0.39 is 0 Å². The van der Waals surface area contributed by atoms with E-state index in [9.17, 15) is 5.26 Å². The monoisotopic (exact) mass is 471 g/mol. The quantitative estimate of drug-likeness (QED) is 0.259. The average Bonchev–Trinajstić information content (AvgIpc) is 3.32. The highest BCUT2D eigenvalue weighted by Gasteiger charge is 2.15. The molecular formula is C34H21N3. The molecule has 0 radical (unpaired) electrons. The molecule has 0 amide bonds. The summed E-state index contributed by atoms with van der Waals surface area (Å²) in [4.78, 5) is 4.24. The molecule has 0 spiro atoms. The fourth-order valence-corrected chi connectivity index (χ4v) is 5.36. The third-order valence-corrected chi connectivity index (χ3v) is 7.07. The Morgan fingerprint density at radius 1 is 0.568 bits per heavy atom.